The van der Waals surface area contributed by atoms with Gasteiger partial charge in [-0.05, 0) is 31.2 Å². The number of hydrogen-bond acceptors (Lipinski definition) is 3. The van der Waals surface area contributed by atoms with E-state index in [0.717, 1.165) is 11.3 Å². The van der Waals surface area contributed by atoms with Crippen LogP contribution in [0.1, 0.15) is 21.9 Å². The summed E-state index contributed by atoms with van der Waals surface area (Å²) < 4.78 is 5.25. The van der Waals surface area contributed by atoms with Crippen LogP contribution in [0.3, 0.4) is 0 Å². The van der Waals surface area contributed by atoms with Crippen molar-refractivity contribution in [2.24, 2.45) is 5.73 Å². The van der Waals surface area contributed by atoms with Crippen LogP contribution in [-0.4, -0.2) is 5.91 Å². The molecule has 0 atom stereocenters. The fraction of sp³-hybridized carbons (Fsp3) is 0.154. The molecule has 0 saturated heterocycles. The SMILES string of the molecule is Cc1ccc(NC(=O)c2ccc(CN)o2)cc1. The van der Waals surface area contributed by atoms with Crippen molar-refractivity contribution in [2.45, 2.75) is 13.5 Å². The second-order valence-corrected chi connectivity index (χ2v) is 3.79. The van der Waals surface area contributed by atoms with Crippen LogP contribution in [0.15, 0.2) is 40.8 Å². The van der Waals surface area contributed by atoms with Gasteiger partial charge in [-0.25, -0.2) is 0 Å². The largest absolute Gasteiger partial charge is 0.455 e. The molecule has 0 aliphatic heterocycles. The first kappa shape index (κ1) is 11.4. The molecule has 1 aromatic carbocycles. The third kappa shape index (κ3) is 2.73. The van der Waals surface area contributed by atoms with Crippen LogP contribution in [0.25, 0.3) is 0 Å². The summed E-state index contributed by atoms with van der Waals surface area (Å²) in [6.45, 7) is 2.28. The van der Waals surface area contributed by atoms with E-state index < -0.39 is 0 Å². The Morgan fingerprint density at radius 3 is 2.53 bits per heavy atom. The summed E-state index contributed by atoms with van der Waals surface area (Å²) >= 11 is 0. The lowest BCUT2D eigenvalue weighted by atomic mass is 10.2. The van der Waals surface area contributed by atoms with Gasteiger partial charge in [0.2, 0.25) is 0 Å². The summed E-state index contributed by atoms with van der Waals surface area (Å²) in [5.41, 5.74) is 7.29. The molecule has 4 nitrogen and oxygen atoms in total. The van der Waals surface area contributed by atoms with Gasteiger partial charge in [-0.15, -0.1) is 0 Å². The van der Waals surface area contributed by atoms with Crippen molar-refractivity contribution in [2.75, 3.05) is 5.32 Å². The summed E-state index contributed by atoms with van der Waals surface area (Å²) in [5.74, 6) is 0.596. The van der Waals surface area contributed by atoms with Gasteiger partial charge in [0.25, 0.3) is 5.91 Å². The van der Waals surface area contributed by atoms with Gasteiger partial charge in [-0.1, -0.05) is 17.7 Å². The lowest BCUT2D eigenvalue weighted by Crippen LogP contribution is -2.10. The maximum absolute atomic E-state index is 11.8. The first-order valence-electron chi connectivity index (χ1n) is 5.36. The van der Waals surface area contributed by atoms with Crippen LogP contribution in [-0.2, 0) is 6.54 Å². The molecule has 88 valence electrons. The normalized spacial score (nSPS) is 10.2. The number of carbonyl (C=O) groups is 1. The van der Waals surface area contributed by atoms with E-state index in [1.54, 1.807) is 12.1 Å². The highest BCUT2D eigenvalue weighted by Gasteiger charge is 2.10. The second kappa shape index (κ2) is 4.84. The fourth-order valence-corrected chi connectivity index (χ4v) is 1.44. The average Bonchev–Trinajstić information content (AvgIpc) is 2.81. The number of hydrogen-bond donors (Lipinski definition) is 2. The van der Waals surface area contributed by atoms with Crippen molar-refractivity contribution in [1.82, 2.24) is 0 Å². The van der Waals surface area contributed by atoms with Crippen molar-refractivity contribution >= 4 is 11.6 Å². The Balaban J connectivity index is 2.08. The molecule has 4 heteroatoms. The first-order valence-corrected chi connectivity index (χ1v) is 5.36. The standard InChI is InChI=1S/C13H14N2O2/c1-9-2-4-10(5-3-9)15-13(16)12-7-6-11(8-14)17-12/h2-7H,8,14H2,1H3,(H,15,16). The van der Waals surface area contributed by atoms with Crippen LogP contribution >= 0.6 is 0 Å². The fourth-order valence-electron chi connectivity index (χ4n) is 1.44. The highest BCUT2D eigenvalue weighted by atomic mass is 16.4. The molecule has 0 saturated carbocycles. The van der Waals surface area contributed by atoms with Crippen molar-refractivity contribution in [3.05, 3.63) is 53.5 Å². The molecule has 0 spiro atoms. The number of rotatable bonds is 3. The summed E-state index contributed by atoms with van der Waals surface area (Å²) in [4.78, 5) is 11.8. The van der Waals surface area contributed by atoms with Gasteiger partial charge in [-0.3, -0.25) is 4.79 Å². The molecule has 2 aromatic rings. The third-order valence-corrected chi connectivity index (χ3v) is 2.40. The molecule has 17 heavy (non-hydrogen) atoms. The van der Waals surface area contributed by atoms with Crippen LogP contribution in [0.2, 0.25) is 0 Å². The van der Waals surface area contributed by atoms with Crippen molar-refractivity contribution < 1.29 is 9.21 Å². The van der Waals surface area contributed by atoms with Gasteiger partial charge in [0.1, 0.15) is 5.76 Å². The van der Waals surface area contributed by atoms with E-state index in [9.17, 15) is 4.79 Å². The number of carbonyl (C=O) groups excluding carboxylic acids is 1. The number of amides is 1. The van der Waals surface area contributed by atoms with Gasteiger partial charge in [0.15, 0.2) is 5.76 Å². The Hall–Kier alpha value is -2.07. The van der Waals surface area contributed by atoms with Crippen LogP contribution in [0.4, 0.5) is 5.69 Å². The van der Waals surface area contributed by atoms with E-state index in [4.69, 9.17) is 10.2 Å². The van der Waals surface area contributed by atoms with Gasteiger partial charge in [0.05, 0.1) is 6.54 Å². The number of furan rings is 1. The third-order valence-electron chi connectivity index (χ3n) is 2.40. The van der Waals surface area contributed by atoms with Gasteiger partial charge in [-0.2, -0.15) is 0 Å². The zero-order valence-electron chi connectivity index (χ0n) is 9.57. The summed E-state index contributed by atoms with van der Waals surface area (Å²) in [6, 6.07) is 10.9. The van der Waals surface area contributed by atoms with Gasteiger partial charge >= 0.3 is 0 Å². The lowest BCUT2D eigenvalue weighted by Gasteiger charge is -2.03. The smallest absolute Gasteiger partial charge is 0.291 e. The van der Waals surface area contributed by atoms with Crippen LogP contribution < -0.4 is 11.1 Å². The molecule has 0 bridgehead atoms. The van der Waals surface area contributed by atoms with E-state index in [1.165, 1.54) is 0 Å². The zero-order valence-corrected chi connectivity index (χ0v) is 9.57. The highest BCUT2D eigenvalue weighted by molar-refractivity contribution is 6.02. The molecule has 0 fully saturated rings. The average molecular weight is 230 g/mol. The Morgan fingerprint density at radius 1 is 1.24 bits per heavy atom. The van der Waals surface area contributed by atoms with Crippen LogP contribution in [0, 0.1) is 6.92 Å². The Morgan fingerprint density at radius 2 is 1.94 bits per heavy atom. The van der Waals surface area contributed by atoms with E-state index in [2.05, 4.69) is 5.32 Å². The van der Waals surface area contributed by atoms with E-state index >= 15 is 0 Å². The number of aryl methyl sites for hydroxylation is 1. The number of benzene rings is 1. The van der Waals surface area contributed by atoms with Crippen molar-refractivity contribution in [3.8, 4) is 0 Å². The molecule has 0 unspecified atom stereocenters. The lowest BCUT2D eigenvalue weighted by molar-refractivity contribution is 0.0995. The Bertz CT molecular complexity index is 514. The van der Waals surface area contributed by atoms with Gasteiger partial charge < -0.3 is 15.5 Å². The molecule has 1 amide bonds. The molecular formula is C13H14N2O2. The highest BCUT2D eigenvalue weighted by Crippen LogP contribution is 2.12. The first-order chi connectivity index (χ1) is 8.19. The molecule has 0 radical (unpaired) electrons. The van der Waals surface area contributed by atoms with E-state index in [1.807, 2.05) is 31.2 Å². The predicted molar refractivity (Wildman–Crippen MR) is 65.7 cm³/mol. The second-order valence-electron chi connectivity index (χ2n) is 3.79. The minimum atomic E-state index is -0.270. The number of nitrogens with one attached hydrogen (secondary N) is 1. The Labute approximate surface area is 99.4 Å². The molecule has 1 heterocycles. The van der Waals surface area contributed by atoms with Crippen molar-refractivity contribution in [1.29, 1.82) is 0 Å². The summed E-state index contributed by atoms with van der Waals surface area (Å²) in [5, 5.41) is 2.75. The summed E-state index contributed by atoms with van der Waals surface area (Å²) in [6.07, 6.45) is 0. The summed E-state index contributed by atoms with van der Waals surface area (Å²) in [7, 11) is 0. The molecular weight excluding hydrogens is 216 g/mol. The van der Waals surface area contributed by atoms with E-state index in [-0.39, 0.29) is 18.2 Å². The maximum atomic E-state index is 11.8. The maximum Gasteiger partial charge on any atom is 0.291 e. The predicted octanol–water partition coefficient (Wildman–Crippen LogP) is 2.30. The minimum absolute atomic E-state index is 0.269. The van der Waals surface area contributed by atoms with Crippen molar-refractivity contribution in [3.63, 3.8) is 0 Å². The molecule has 0 aliphatic carbocycles. The van der Waals surface area contributed by atoms with Crippen LogP contribution in [0.5, 0.6) is 0 Å². The van der Waals surface area contributed by atoms with E-state index in [0.29, 0.717) is 5.76 Å². The quantitative estimate of drug-likeness (QED) is 0.850. The molecule has 2 rings (SSSR count). The zero-order chi connectivity index (χ0) is 12.3. The monoisotopic (exact) mass is 230 g/mol. The topological polar surface area (TPSA) is 68.3 Å². The molecule has 3 N–H and O–H groups in total. The van der Waals surface area contributed by atoms with Gasteiger partial charge in [0, 0.05) is 5.69 Å². The number of nitrogens with two attached hydrogens (primary N) is 1. The molecule has 1 aromatic heterocycles. The molecule has 0 aliphatic rings. The number of anilines is 1. The minimum Gasteiger partial charge on any atom is -0.455 e. The Kier molecular flexibility index (Phi) is 3.25.